The SMILES string of the molecule is CN(C)[Si](Br)(Br)N(C)C. The van der Waals surface area contributed by atoms with Gasteiger partial charge in [0.05, 0.1) is 0 Å². The van der Waals surface area contributed by atoms with E-state index in [1.165, 1.54) is 0 Å². The van der Waals surface area contributed by atoms with Gasteiger partial charge in [0.15, 0.2) is 0 Å². The summed E-state index contributed by atoms with van der Waals surface area (Å²) in [6, 6.07) is 0. The van der Waals surface area contributed by atoms with Crippen molar-refractivity contribution in [3.8, 4) is 0 Å². The second-order valence-electron chi connectivity index (χ2n) is 2.30. The summed E-state index contributed by atoms with van der Waals surface area (Å²) in [5, 5.41) is 0. The van der Waals surface area contributed by atoms with Crippen LogP contribution in [0, 0.1) is 0 Å². The summed E-state index contributed by atoms with van der Waals surface area (Å²) in [6.07, 6.45) is 0. The number of nitrogens with zero attached hydrogens (tertiary/aromatic N) is 2. The van der Waals surface area contributed by atoms with Crippen molar-refractivity contribution in [1.82, 2.24) is 9.13 Å². The molecule has 0 aliphatic carbocycles. The van der Waals surface area contributed by atoms with Gasteiger partial charge < -0.3 is 9.13 Å². The first-order valence-electron chi connectivity index (χ1n) is 2.61. The molecule has 0 bridgehead atoms. The minimum atomic E-state index is -1.57. The molecule has 0 amide bonds. The molecule has 5 heteroatoms. The first-order chi connectivity index (χ1) is 3.89. The van der Waals surface area contributed by atoms with Crippen LogP contribution < -0.4 is 0 Å². The molecule has 0 rings (SSSR count). The minimum Gasteiger partial charge on any atom is -0.300 e. The van der Waals surface area contributed by atoms with Gasteiger partial charge in [0.2, 0.25) is 0 Å². The molecule has 0 fully saturated rings. The van der Waals surface area contributed by atoms with Crippen LogP contribution in [-0.2, 0) is 0 Å². The van der Waals surface area contributed by atoms with Crippen molar-refractivity contribution < 1.29 is 0 Å². The van der Waals surface area contributed by atoms with Crippen LogP contribution in [-0.4, -0.2) is 43.0 Å². The minimum absolute atomic E-state index is 1.57. The predicted molar refractivity (Wildman–Crippen MR) is 51.0 cm³/mol. The van der Waals surface area contributed by atoms with Crippen LogP contribution in [0.5, 0.6) is 0 Å². The Hall–Kier alpha value is 1.10. The molecule has 0 spiro atoms. The Morgan fingerprint density at radius 3 is 1.11 bits per heavy atom. The van der Waals surface area contributed by atoms with Gasteiger partial charge in [-0.25, -0.2) is 0 Å². The van der Waals surface area contributed by atoms with Gasteiger partial charge >= 0.3 is 5.64 Å². The summed E-state index contributed by atoms with van der Waals surface area (Å²) >= 11 is 7.24. The Morgan fingerprint density at radius 1 is 0.889 bits per heavy atom. The monoisotopic (exact) mass is 274 g/mol. The maximum Gasteiger partial charge on any atom is 0.353 e. The van der Waals surface area contributed by atoms with Crippen molar-refractivity contribution in [2.24, 2.45) is 0 Å². The lowest BCUT2D eigenvalue weighted by molar-refractivity contribution is 0.536. The van der Waals surface area contributed by atoms with E-state index in [1.54, 1.807) is 0 Å². The summed E-state index contributed by atoms with van der Waals surface area (Å²) in [4.78, 5) is 0. The highest BCUT2D eigenvalue weighted by Crippen LogP contribution is 2.23. The summed E-state index contributed by atoms with van der Waals surface area (Å²) < 4.78 is 4.32. The first kappa shape index (κ1) is 10.1. The van der Waals surface area contributed by atoms with Crippen LogP contribution in [0.2, 0.25) is 0 Å². The third kappa shape index (κ3) is 2.67. The second-order valence-corrected chi connectivity index (χ2v) is 14.9. The second kappa shape index (κ2) is 3.48. The highest BCUT2D eigenvalue weighted by Gasteiger charge is 2.32. The lowest BCUT2D eigenvalue weighted by Gasteiger charge is -2.31. The molecule has 0 aliphatic rings. The number of hydrogen-bond acceptors (Lipinski definition) is 2. The maximum atomic E-state index is 3.62. The summed E-state index contributed by atoms with van der Waals surface area (Å²) in [5.41, 5.74) is -1.57. The third-order valence-corrected chi connectivity index (χ3v) is 11.7. The topological polar surface area (TPSA) is 6.48 Å². The molecule has 0 atom stereocenters. The van der Waals surface area contributed by atoms with Gasteiger partial charge in [-0.15, -0.1) is 0 Å². The Kier molecular flexibility index (Phi) is 3.90. The molecule has 0 unspecified atom stereocenters. The largest absolute Gasteiger partial charge is 0.353 e. The molecular formula is C4H12Br2N2Si. The van der Waals surface area contributed by atoms with E-state index in [0.717, 1.165) is 0 Å². The molecule has 0 aromatic carbocycles. The van der Waals surface area contributed by atoms with Crippen LogP contribution in [0.3, 0.4) is 0 Å². The average Bonchev–Trinajstić information content (AvgIpc) is 1.65. The van der Waals surface area contributed by atoms with Crippen molar-refractivity contribution in [2.45, 2.75) is 0 Å². The first-order valence-corrected chi connectivity index (χ1v) is 9.02. The van der Waals surface area contributed by atoms with Crippen molar-refractivity contribution in [2.75, 3.05) is 28.2 Å². The Bertz CT molecular complexity index is 84.6. The van der Waals surface area contributed by atoms with E-state index < -0.39 is 5.64 Å². The molecule has 0 aromatic heterocycles. The van der Waals surface area contributed by atoms with Crippen molar-refractivity contribution in [3.05, 3.63) is 0 Å². The average molecular weight is 276 g/mol. The van der Waals surface area contributed by atoms with E-state index in [2.05, 4.69) is 67.9 Å². The molecule has 2 nitrogen and oxygen atoms in total. The Labute approximate surface area is 73.5 Å². The Balaban J connectivity index is 4.01. The fraction of sp³-hybridized carbons (Fsp3) is 1.00. The molecule has 0 radical (unpaired) electrons. The predicted octanol–water partition coefficient (Wildman–Crippen LogP) is 1.33. The smallest absolute Gasteiger partial charge is 0.300 e. The van der Waals surface area contributed by atoms with Gasteiger partial charge in [-0.05, 0) is 28.2 Å². The fourth-order valence-electron chi connectivity index (χ4n) is 0.400. The normalized spacial score (nSPS) is 13.3. The van der Waals surface area contributed by atoms with Crippen LogP contribution in [0.4, 0.5) is 0 Å². The van der Waals surface area contributed by atoms with E-state index in [0.29, 0.717) is 0 Å². The van der Waals surface area contributed by atoms with Crippen molar-refractivity contribution >= 4 is 36.2 Å². The Morgan fingerprint density at radius 2 is 1.11 bits per heavy atom. The van der Waals surface area contributed by atoms with E-state index in [9.17, 15) is 0 Å². The highest BCUT2D eigenvalue weighted by molar-refractivity contribution is 9.50. The van der Waals surface area contributed by atoms with Gasteiger partial charge in [-0.2, -0.15) is 0 Å². The van der Waals surface area contributed by atoms with E-state index in [-0.39, 0.29) is 0 Å². The molecule has 0 aromatic rings. The summed E-state index contributed by atoms with van der Waals surface area (Å²) in [7, 11) is 8.21. The standard InChI is InChI=1S/C4H12Br2N2Si/c1-7(2)9(5,6)8(3)4/h1-4H3. The maximum absolute atomic E-state index is 3.62. The van der Waals surface area contributed by atoms with Crippen LogP contribution >= 0.6 is 30.6 Å². The zero-order valence-corrected chi connectivity index (χ0v) is 10.3. The van der Waals surface area contributed by atoms with Crippen LogP contribution in [0.25, 0.3) is 0 Å². The molecule has 0 saturated heterocycles. The molecular weight excluding hydrogens is 264 g/mol. The van der Waals surface area contributed by atoms with E-state index in [1.807, 2.05) is 0 Å². The molecule has 0 N–H and O–H groups in total. The van der Waals surface area contributed by atoms with E-state index in [4.69, 9.17) is 0 Å². The zero-order valence-electron chi connectivity index (χ0n) is 6.15. The van der Waals surface area contributed by atoms with Gasteiger partial charge in [0, 0.05) is 0 Å². The highest BCUT2D eigenvalue weighted by atomic mass is 79.9. The zero-order chi connectivity index (χ0) is 7.65. The third-order valence-electron chi connectivity index (χ3n) is 1.08. The number of halogens is 2. The van der Waals surface area contributed by atoms with Crippen molar-refractivity contribution in [1.29, 1.82) is 0 Å². The van der Waals surface area contributed by atoms with Gasteiger partial charge in [-0.3, -0.25) is 0 Å². The number of hydrogen-bond donors (Lipinski definition) is 0. The lowest BCUT2D eigenvalue weighted by Crippen LogP contribution is -2.50. The molecule has 0 heterocycles. The lowest BCUT2D eigenvalue weighted by atomic mass is 11.3. The van der Waals surface area contributed by atoms with Gasteiger partial charge in [0.1, 0.15) is 0 Å². The van der Waals surface area contributed by atoms with Gasteiger partial charge in [-0.1, -0.05) is 30.6 Å². The molecule has 0 aliphatic heterocycles. The van der Waals surface area contributed by atoms with Crippen molar-refractivity contribution in [3.63, 3.8) is 0 Å². The van der Waals surface area contributed by atoms with Crippen LogP contribution in [0.1, 0.15) is 0 Å². The summed E-state index contributed by atoms with van der Waals surface area (Å²) in [5.74, 6) is 0. The number of rotatable bonds is 2. The fourth-order valence-corrected chi connectivity index (χ4v) is 1.20. The molecule has 9 heavy (non-hydrogen) atoms. The van der Waals surface area contributed by atoms with Gasteiger partial charge in [0.25, 0.3) is 0 Å². The quantitative estimate of drug-likeness (QED) is 0.554. The van der Waals surface area contributed by atoms with Crippen LogP contribution in [0.15, 0.2) is 0 Å². The molecule has 0 saturated carbocycles. The van der Waals surface area contributed by atoms with E-state index >= 15 is 0 Å². The summed E-state index contributed by atoms with van der Waals surface area (Å²) in [6.45, 7) is 0. The molecule has 56 valence electrons.